The summed E-state index contributed by atoms with van der Waals surface area (Å²) in [7, 11) is 1.76. The van der Waals surface area contributed by atoms with Crippen LogP contribution in [0.5, 0.6) is 0 Å². The van der Waals surface area contributed by atoms with E-state index in [0.29, 0.717) is 5.84 Å². The molecular formula is C18H23N5S. The maximum Gasteiger partial charge on any atom is 0.128 e. The third-order valence-electron chi connectivity index (χ3n) is 4.24. The fourth-order valence-electron chi connectivity index (χ4n) is 2.99. The molecule has 5 nitrogen and oxygen atoms in total. The maximum absolute atomic E-state index is 8.36. The Morgan fingerprint density at radius 2 is 2.21 bits per heavy atom. The molecule has 3 rings (SSSR count). The molecule has 0 aliphatic carbocycles. The molecule has 0 unspecified atom stereocenters. The molecule has 2 aromatic heterocycles. The molecule has 0 spiro atoms. The van der Waals surface area contributed by atoms with Gasteiger partial charge in [-0.05, 0) is 31.9 Å². The number of nitrogens with one attached hydrogen (secondary N) is 1. The summed E-state index contributed by atoms with van der Waals surface area (Å²) in [5.74, 6) is 0.658. The summed E-state index contributed by atoms with van der Waals surface area (Å²) in [4.78, 5) is 7.39. The summed E-state index contributed by atoms with van der Waals surface area (Å²) in [6, 6.07) is 2.13. The second-order valence-electron chi connectivity index (χ2n) is 5.85. The molecule has 0 bridgehead atoms. The van der Waals surface area contributed by atoms with Gasteiger partial charge < -0.3 is 4.90 Å². The van der Waals surface area contributed by atoms with E-state index in [1.165, 1.54) is 17.7 Å². The van der Waals surface area contributed by atoms with Gasteiger partial charge in [-0.1, -0.05) is 6.08 Å². The van der Waals surface area contributed by atoms with Gasteiger partial charge in [-0.2, -0.15) is 5.10 Å². The lowest BCUT2D eigenvalue weighted by atomic mass is 10.2. The monoisotopic (exact) mass is 341 g/mol. The Balaban J connectivity index is 1.80. The topological polar surface area (TPSA) is 57.3 Å². The van der Waals surface area contributed by atoms with E-state index in [1.54, 1.807) is 24.6 Å². The minimum Gasteiger partial charge on any atom is -0.357 e. The first-order valence-corrected chi connectivity index (χ1v) is 9.13. The van der Waals surface area contributed by atoms with E-state index >= 15 is 0 Å². The van der Waals surface area contributed by atoms with E-state index in [2.05, 4.69) is 32.5 Å². The van der Waals surface area contributed by atoms with Crippen LogP contribution in [0.15, 0.2) is 22.6 Å². The van der Waals surface area contributed by atoms with E-state index in [1.807, 2.05) is 23.9 Å². The van der Waals surface area contributed by atoms with Crippen LogP contribution in [-0.4, -0.2) is 46.9 Å². The van der Waals surface area contributed by atoms with Crippen LogP contribution in [0.1, 0.15) is 30.2 Å². The number of hydrogen-bond acceptors (Lipinski definition) is 4. The Bertz CT molecular complexity index is 852. The highest BCUT2D eigenvalue weighted by Crippen LogP contribution is 2.19. The highest BCUT2D eigenvalue weighted by Gasteiger charge is 2.17. The zero-order valence-electron chi connectivity index (χ0n) is 14.2. The van der Waals surface area contributed by atoms with E-state index in [4.69, 9.17) is 5.41 Å². The van der Waals surface area contributed by atoms with Crippen LogP contribution in [0, 0.1) is 5.41 Å². The maximum atomic E-state index is 8.36. The van der Waals surface area contributed by atoms with E-state index in [-0.39, 0.29) is 0 Å². The van der Waals surface area contributed by atoms with Gasteiger partial charge in [-0.25, -0.2) is 0 Å². The molecular weight excluding hydrogens is 318 g/mol. The molecule has 1 aliphatic rings. The molecule has 3 heterocycles. The third-order valence-corrected chi connectivity index (χ3v) is 5.16. The van der Waals surface area contributed by atoms with Gasteiger partial charge in [0.05, 0.1) is 18.1 Å². The average molecular weight is 341 g/mol. The first-order chi connectivity index (χ1) is 11.7. The SMILES string of the molecule is C/C=c1\c(=C/C=NC)cnn1Cc1cc(C(=N)N2CCCC2)cs1. The minimum atomic E-state index is 0.658. The van der Waals surface area contributed by atoms with Gasteiger partial charge in [0.1, 0.15) is 5.84 Å². The second kappa shape index (κ2) is 7.57. The van der Waals surface area contributed by atoms with Crippen LogP contribution in [0.2, 0.25) is 0 Å². The van der Waals surface area contributed by atoms with Crippen molar-refractivity contribution in [2.45, 2.75) is 26.3 Å². The Labute approximate surface area is 146 Å². The van der Waals surface area contributed by atoms with Gasteiger partial charge in [-0.15, -0.1) is 11.3 Å². The fraction of sp³-hybridized carbons (Fsp3) is 0.389. The largest absolute Gasteiger partial charge is 0.357 e. The van der Waals surface area contributed by atoms with Gasteiger partial charge in [0.2, 0.25) is 0 Å². The van der Waals surface area contributed by atoms with Crippen LogP contribution in [0.3, 0.4) is 0 Å². The van der Waals surface area contributed by atoms with E-state index in [0.717, 1.165) is 35.8 Å². The van der Waals surface area contributed by atoms with Crippen LogP contribution < -0.4 is 10.6 Å². The van der Waals surface area contributed by atoms with Gasteiger partial charge >= 0.3 is 0 Å². The number of hydrogen-bond donors (Lipinski definition) is 1. The van der Waals surface area contributed by atoms with Crippen molar-refractivity contribution in [1.29, 1.82) is 5.41 Å². The van der Waals surface area contributed by atoms with Crippen molar-refractivity contribution in [3.63, 3.8) is 0 Å². The number of thiophene rings is 1. The molecule has 126 valence electrons. The van der Waals surface area contributed by atoms with Gasteiger partial charge in [-0.3, -0.25) is 15.1 Å². The highest BCUT2D eigenvalue weighted by atomic mass is 32.1. The predicted octanol–water partition coefficient (Wildman–Crippen LogP) is 1.70. The van der Waals surface area contributed by atoms with Crippen molar-refractivity contribution in [1.82, 2.24) is 14.7 Å². The Kier molecular flexibility index (Phi) is 5.25. The number of rotatable bonds is 4. The summed E-state index contributed by atoms with van der Waals surface area (Å²) in [6.45, 7) is 4.78. The van der Waals surface area contributed by atoms with Crippen molar-refractivity contribution in [3.05, 3.63) is 38.7 Å². The summed E-state index contributed by atoms with van der Waals surface area (Å²) in [5, 5.41) is 17.1. The number of aromatic nitrogens is 2. The molecule has 24 heavy (non-hydrogen) atoms. The molecule has 0 radical (unpaired) electrons. The standard InChI is InChI=1S/C18H23N5S/c1-3-17-14(6-7-20-2)11-21-23(17)12-16-10-15(13-24-16)18(19)22-8-4-5-9-22/h3,6-7,10-11,13,19H,4-5,8-9,12H2,1-2H3/b14-6-,17-3+,19-18?,20-7?. The second-order valence-corrected chi connectivity index (χ2v) is 6.85. The molecule has 1 N–H and O–H groups in total. The van der Waals surface area contributed by atoms with Crippen molar-refractivity contribution in [2.75, 3.05) is 20.1 Å². The Morgan fingerprint density at radius 1 is 1.42 bits per heavy atom. The summed E-state index contributed by atoms with van der Waals surface area (Å²) >= 11 is 1.70. The van der Waals surface area contributed by atoms with Crippen LogP contribution in [0.25, 0.3) is 12.2 Å². The van der Waals surface area contributed by atoms with Gasteiger partial charge in [0, 0.05) is 47.4 Å². The smallest absolute Gasteiger partial charge is 0.128 e. The molecule has 0 aromatic carbocycles. The average Bonchev–Trinajstić information content (AvgIpc) is 3.33. The zero-order valence-corrected chi connectivity index (χ0v) is 15.0. The quantitative estimate of drug-likeness (QED) is 0.680. The molecule has 1 saturated heterocycles. The van der Waals surface area contributed by atoms with Gasteiger partial charge in [0.15, 0.2) is 0 Å². The van der Waals surface area contributed by atoms with Crippen LogP contribution in [0.4, 0.5) is 0 Å². The predicted molar refractivity (Wildman–Crippen MR) is 102 cm³/mol. The lowest BCUT2D eigenvalue weighted by Crippen LogP contribution is -2.29. The normalized spacial score (nSPS) is 16.7. The fourth-order valence-corrected chi connectivity index (χ4v) is 3.84. The molecule has 1 aliphatic heterocycles. The zero-order chi connectivity index (χ0) is 16.9. The highest BCUT2D eigenvalue weighted by molar-refractivity contribution is 7.10. The molecule has 6 heteroatoms. The molecule has 0 amide bonds. The molecule has 0 saturated carbocycles. The number of amidine groups is 1. The first kappa shape index (κ1) is 16.6. The molecule has 2 aromatic rings. The molecule has 0 atom stereocenters. The van der Waals surface area contributed by atoms with Crippen molar-refractivity contribution >= 4 is 35.5 Å². The van der Waals surface area contributed by atoms with Crippen molar-refractivity contribution < 1.29 is 0 Å². The number of likely N-dealkylation sites (tertiary alicyclic amines) is 1. The van der Waals surface area contributed by atoms with Gasteiger partial charge in [0.25, 0.3) is 0 Å². The minimum absolute atomic E-state index is 0.658. The van der Waals surface area contributed by atoms with E-state index < -0.39 is 0 Å². The van der Waals surface area contributed by atoms with Crippen molar-refractivity contribution in [3.8, 4) is 0 Å². The summed E-state index contributed by atoms with van der Waals surface area (Å²) < 4.78 is 2.00. The first-order valence-electron chi connectivity index (χ1n) is 8.25. The third kappa shape index (κ3) is 3.48. The van der Waals surface area contributed by atoms with Crippen LogP contribution >= 0.6 is 11.3 Å². The Morgan fingerprint density at radius 3 is 2.92 bits per heavy atom. The lowest BCUT2D eigenvalue weighted by molar-refractivity contribution is 0.517. The number of aliphatic imine (C=N–C) groups is 1. The van der Waals surface area contributed by atoms with E-state index in [9.17, 15) is 0 Å². The van der Waals surface area contributed by atoms with Crippen LogP contribution in [-0.2, 0) is 6.54 Å². The lowest BCUT2D eigenvalue weighted by Gasteiger charge is -2.17. The Hall–Kier alpha value is -2.21. The summed E-state index contributed by atoms with van der Waals surface area (Å²) in [6.07, 6.45) is 10.1. The van der Waals surface area contributed by atoms with Crippen molar-refractivity contribution in [2.24, 2.45) is 4.99 Å². The molecule has 1 fully saturated rings. The summed E-state index contributed by atoms with van der Waals surface area (Å²) in [5.41, 5.74) is 1.02. The number of nitrogens with zero attached hydrogens (tertiary/aromatic N) is 4.